The molecule has 0 aromatic heterocycles. The van der Waals surface area contributed by atoms with Crippen LogP contribution in [0.3, 0.4) is 0 Å². The van der Waals surface area contributed by atoms with Crippen LogP contribution < -0.4 is 35.2 Å². The zero-order valence-corrected chi connectivity index (χ0v) is 22.6. The molecule has 3 aromatic carbocycles. The Bertz CT molecular complexity index is 1090. The van der Waals surface area contributed by atoms with Crippen LogP contribution in [0.4, 0.5) is 0 Å². The van der Waals surface area contributed by atoms with Gasteiger partial charge >= 0.3 is 176 Å². The second-order valence-corrected chi connectivity index (χ2v) is 26.5. The predicted octanol–water partition coefficient (Wildman–Crippen LogP) is -0.970. The number of halogens is 2. The Morgan fingerprint density at radius 1 is 0.733 bits per heavy atom. The van der Waals surface area contributed by atoms with E-state index in [2.05, 4.69) is 115 Å². The molecule has 0 aliphatic heterocycles. The molecule has 2 aliphatic carbocycles. The van der Waals surface area contributed by atoms with Crippen LogP contribution in [0.15, 0.2) is 113 Å². The number of rotatable bonds is 4. The smallest absolute Gasteiger partial charge is 1.00 e. The first kappa shape index (κ1) is 23.2. The molecule has 0 bridgehead atoms. The van der Waals surface area contributed by atoms with Crippen LogP contribution in [0.2, 0.25) is 0 Å². The largest absolute Gasteiger partial charge is 1.00 e. The van der Waals surface area contributed by atoms with Gasteiger partial charge in [-0.3, -0.25) is 0 Å². The van der Waals surface area contributed by atoms with Crippen molar-refractivity contribution in [1.29, 1.82) is 0 Å². The molecule has 2 aliphatic rings. The molecule has 3 aromatic rings. The van der Waals surface area contributed by atoms with Crippen molar-refractivity contribution in [2.45, 2.75) is 10.1 Å². The van der Waals surface area contributed by atoms with Gasteiger partial charge in [0.05, 0.1) is 0 Å². The van der Waals surface area contributed by atoms with E-state index in [4.69, 9.17) is 0 Å². The van der Waals surface area contributed by atoms with Crippen molar-refractivity contribution in [3.8, 4) is 0 Å². The molecule has 0 radical (unpaired) electrons. The summed E-state index contributed by atoms with van der Waals surface area (Å²) in [4.78, 5) is 0. The minimum atomic E-state index is -2.31. The maximum Gasteiger partial charge on any atom is -1.00 e. The molecule has 0 heterocycles. The second kappa shape index (κ2) is 10.7. The third-order valence-corrected chi connectivity index (χ3v) is 33.0. The van der Waals surface area contributed by atoms with Gasteiger partial charge in [0.15, 0.2) is 0 Å². The number of hydrogen-bond acceptors (Lipinski definition) is 0. The molecule has 0 saturated heterocycles. The first-order chi connectivity index (χ1) is 13.9. The van der Waals surface area contributed by atoms with Crippen molar-refractivity contribution >= 4 is 21.9 Å². The molecule has 4 heteroatoms. The van der Waals surface area contributed by atoms with Crippen LogP contribution >= 0.6 is 0 Å². The van der Waals surface area contributed by atoms with E-state index in [0.717, 1.165) is 0 Å². The van der Waals surface area contributed by atoms with Gasteiger partial charge in [-0.1, -0.05) is 0 Å². The normalized spacial score (nSPS) is 15.3. The molecule has 0 saturated carbocycles. The third kappa shape index (κ3) is 4.57. The molecule has 0 N–H and O–H groups in total. The van der Waals surface area contributed by atoms with Crippen LogP contribution in [0.1, 0.15) is 21.2 Å². The van der Waals surface area contributed by atoms with Crippen LogP contribution in [0.5, 0.6) is 0 Å². The van der Waals surface area contributed by atoms with Crippen molar-refractivity contribution in [2.75, 3.05) is 0 Å². The van der Waals surface area contributed by atoms with Crippen LogP contribution in [0, 0.1) is 0 Å². The minimum Gasteiger partial charge on any atom is -1.00 e. The van der Waals surface area contributed by atoms with E-state index in [-0.39, 0.29) is 24.8 Å². The molecule has 0 nitrogen and oxygen atoms in total. The number of hydrogen-bond donors (Lipinski definition) is 0. The zero-order valence-electron chi connectivity index (χ0n) is 16.5. The minimum absolute atomic E-state index is 0. The standard InChI is InChI=1S/C12H10Si.C9H7.C5H5.2ClH.Hf/c1-3-7-11(8-4-1)13-12-9-5-2-6-10-12;1-2-5-9-7-3-6-8(9)4-1;1-2-4-5-3-1;;;/h1-10H;1-7H;1-3H,4H2;2*1H;/q;;;;;+2/p-2. The van der Waals surface area contributed by atoms with E-state index < -0.39 is 25.6 Å². The van der Waals surface area contributed by atoms with Crippen LogP contribution in [-0.2, 0) is 20.1 Å². The molecule has 0 spiro atoms. The third-order valence-electron chi connectivity index (χ3n) is 5.62. The van der Waals surface area contributed by atoms with Gasteiger partial charge in [-0.25, -0.2) is 0 Å². The Balaban J connectivity index is 0.00000128. The fourth-order valence-corrected chi connectivity index (χ4v) is 34.4. The summed E-state index contributed by atoms with van der Waals surface area (Å²) < 4.78 is 2.44. The summed E-state index contributed by atoms with van der Waals surface area (Å²) in [6.45, 7) is 0. The molecule has 1 unspecified atom stereocenters. The predicted molar refractivity (Wildman–Crippen MR) is 118 cm³/mol. The van der Waals surface area contributed by atoms with Crippen LogP contribution in [0.25, 0.3) is 6.08 Å². The molecule has 0 amide bonds. The molecule has 0 fully saturated rings. The van der Waals surface area contributed by atoms with Crippen molar-refractivity contribution in [1.82, 2.24) is 0 Å². The number of benzene rings is 3. The van der Waals surface area contributed by atoms with E-state index in [1.165, 1.54) is 12.0 Å². The fraction of sp³-hybridized carbons (Fsp3) is 0.0769. The Kier molecular flexibility index (Phi) is 8.30. The first-order valence-corrected chi connectivity index (χ1v) is 20.7. The van der Waals surface area contributed by atoms with E-state index >= 15 is 0 Å². The Morgan fingerprint density at radius 2 is 1.33 bits per heavy atom. The molecular formula is C26H22Cl2HfSi. The van der Waals surface area contributed by atoms with Gasteiger partial charge in [0.1, 0.15) is 0 Å². The number of fused-ring (bicyclic) bond motifs is 1. The van der Waals surface area contributed by atoms with Crippen molar-refractivity contribution in [3.63, 3.8) is 0 Å². The monoisotopic (exact) mass is 612 g/mol. The van der Waals surface area contributed by atoms with Gasteiger partial charge in [-0.2, -0.15) is 0 Å². The van der Waals surface area contributed by atoms with E-state index in [1.807, 2.05) is 0 Å². The zero-order chi connectivity index (χ0) is 18.8. The topological polar surface area (TPSA) is 0 Å². The fourth-order valence-electron chi connectivity index (χ4n) is 4.35. The van der Waals surface area contributed by atoms with Crippen molar-refractivity contribution in [3.05, 3.63) is 124 Å². The summed E-state index contributed by atoms with van der Waals surface area (Å²) in [5.41, 5.74) is 2.22. The van der Waals surface area contributed by atoms with E-state index in [0.29, 0.717) is 3.67 Å². The maximum absolute atomic E-state index is 2.54. The Hall–Kier alpha value is -1.45. The maximum atomic E-state index is 2.54. The summed E-state index contributed by atoms with van der Waals surface area (Å²) in [7, 11) is 0. The molecule has 1 atom stereocenters. The molecule has 5 rings (SSSR count). The van der Waals surface area contributed by atoms with Gasteiger partial charge in [-0.05, 0) is 0 Å². The first-order valence-electron chi connectivity index (χ1n) is 9.90. The summed E-state index contributed by atoms with van der Waals surface area (Å²) >= 11 is -2.31. The van der Waals surface area contributed by atoms with Gasteiger partial charge < -0.3 is 24.8 Å². The quantitative estimate of drug-likeness (QED) is 0.334. The summed E-state index contributed by atoms with van der Waals surface area (Å²) in [5, 5.41) is 3.18. The molecule has 30 heavy (non-hydrogen) atoms. The Morgan fingerprint density at radius 3 is 1.93 bits per heavy atom. The molecular weight excluding hydrogens is 590 g/mol. The van der Waals surface area contributed by atoms with E-state index in [9.17, 15) is 0 Å². The average Bonchev–Trinajstić information content (AvgIpc) is 3.44. The van der Waals surface area contributed by atoms with Crippen molar-refractivity contribution in [2.24, 2.45) is 0 Å². The van der Waals surface area contributed by atoms with Crippen LogP contribution in [-0.4, -0.2) is 5.49 Å². The molecule has 148 valence electrons. The summed E-state index contributed by atoms with van der Waals surface area (Å²) in [6.07, 6.45) is 13.2. The SMILES string of the molecule is C1=CC[C]([Hf+2]([CH]2C=Cc3ccccc32)=[Si](c2ccccc2)c2ccccc2)=C1.[Cl-].[Cl-]. The van der Waals surface area contributed by atoms with Gasteiger partial charge in [0, 0.05) is 0 Å². The van der Waals surface area contributed by atoms with Gasteiger partial charge in [0.25, 0.3) is 0 Å². The van der Waals surface area contributed by atoms with Gasteiger partial charge in [0.2, 0.25) is 0 Å². The van der Waals surface area contributed by atoms with Gasteiger partial charge in [-0.15, -0.1) is 0 Å². The van der Waals surface area contributed by atoms with Crippen molar-refractivity contribution < 1.29 is 44.9 Å². The number of allylic oxidation sites excluding steroid dienone is 5. The second-order valence-electron chi connectivity index (χ2n) is 7.31. The summed E-state index contributed by atoms with van der Waals surface area (Å²) in [5.74, 6) is 0. The van der Waals surface area contributed by atoms with E-state index in [1.54, 1.807) is 19.3 Å². The average molecular weight is 612 g/mol. The Labute approximate surface area is 199 Å². The summed E-state index contributed by atoms with van der Waals surface area (Å²) in [6, 6.07) is 31.8.